The number of amidine groups is 2. The van der Waals surface area contributed by atoms with Crippen LogP contribution in [0.1, 0.15) is 22.9 Å². The van der Waals surface area contributed by atoms with E-state index in [4.69, 9.17) is 9.98 Å². The predicted molar refractivity (Wildman–Crippen MR) is 259 cm³/mol. The van der Waals surface area contributed by atoms with Gasteiger partial charge in [-0.3, -0.25) is 0 Å². The summed E-state index contributed by atoms with van der Waals surface area (Å²) in [6.45, 7) is 0. The number of rotatable bonds is 5. The molecule has 0 fully saturated rings. The van der Waals surface area contributed by atoms with E-state index in [-0.39, 0.29) is 6.17 Å². The summed E-state index contributed by atoms with van der Waals surface area (Å²) in [6, 6.07) is 76.4. The molecule has 0 spiro atoms. The number of para-hydroxylation sites is 1. The summed E-state index contributed by atoms with van der Waals surface area (Å²) in [7, 11) is 0. The summed E-state index contributed by atoms with van der Waals surface area (Å²) in [6.07, 6.45) is -0.288. The first-order chi connectivity index (χ1) is 30.8. The Morgan fingerprint density at radius 3 is 1.95 bits per heavy atom. The average Bonchev–Trinajstić information content (AvgIpc) is 3.87. The van der Waals surface area contributed by atoms with Gasteiger partial charge in [0, 0.05) is 43.7 Å². The quantitative estimate of drug-likeness (QED) is 0.185. The summed E-state index contributed by atoms with van der Waals surface area (Å²) < 4.78 is 4.97. The summed E-state index contributed by atoms with van der Waals surface area (Å²) in [5, 5.41) is 15.7. The first-order valence-corrected chi connectivity index (χ1v) is 21.2. The number of hydrogen-bond acceptors (Lipinski definition) is 3. The van der Waals surface area contributed by atoms with E-state index in [0.717, 1.165) is 55.7 Å². The lowest BCUT2D eigenvalue weighted by atomic mass is 10.0. The molecule has 5 nitrogen and oxygen atoms in total. The molecule has 1 unspecified atom stereocenters. The molecule has 0 saturated heterocycles. The van der Waals surface area contributed by atoms with Crippen LogP contribution >= 0.6 is 0 Å². The Balaban J connectivity index is 1.09. The molecule has 12 aromatic rings. The van der Waals surface area contributed by atoms with Crippen molar-refractivity contribution in [3.05, 3.63) is 229 Å². The highest BCUT2D eigenvalue weighted by Crippen LogP contribution is 2.45. The van der Waals surface area contributed by atoms with Gasteiger partial charge in [-0.15, -0.1) is 0 Å². The number of nitrogens with one attached hydrogen (secondary N) is 1. The molecule has 290 valence electrons. The van der Waals surface area contributed by atoms with E-state index >= 15 is 0 Å². The Bertz CT molecular complexity index is 3840. The van der Waals surface area contributed by atoms with Crippen LogP contribution < -0.4 is 5.32 Å². The smallest absolute Gasteiger partial charge is 0.160 e. The highest BCUT2D eigenvalue weighted by Gasteiger charge is 2.25. The number of nitrogens with zero attached hydrogens (tertiary/aromatic N) is 4. The van der Waals surface area contributed by atoms with Crippen LogP contribution in [0.5, 0.6) is 0 Å². The lowest BCUT2D eigenvalue weighted by molar-refractivity contribution is 0.674. The zero-order chi connectivity index (χ0) is 40.7. The van der Waals surface area contributed by atoms with Crippen molar-refractivity contribution < 1.29 is 0 Å². The minimum absolute atomic E-state index is 0.288. The fraction of sp³-hybridized carbons (Fsp3) is 0.0175. The minimum atomic E-state index is -0.288. The third kappa shape index (κ3) is 5.22. The normalized spacial score (nSPS) is 14.3. The maximum atomic E-state index is 5.28. The molecule has 1 aliphatic rings. The Hall–Kier alpha value is -8.28. The molecule has 1 N–H and O–H groups in total. The van der Waals surface area contributed by atoms with Gasteiger partial charge in [0.25, 0.3) is 0 Å². The van der Waals surface area contributed by atoms with Gasteiger partial charge in [-0.1, -0.05) is 176 Å². The van der Waals surface area contributed by atoms with Crippen molar-refractivity contribution >= 4 is 87.6 Å². The maximum absolute atomic E-state index is 5.28. The van der Waals surface area contributed by atoms with Crippen LogP contribution in [-0.4, -0.2) is 20.8 Å². The molecule has 10 aromatic carbocycles. The molecule has 1 atom stereocenters. The van der Waals surface area contributed by atoms with Gasteiger partial charge >= 0.3 is 0 Å². The van der Waals surface area contributed by atoms with Crippen LogP contribution in [0.4, 0.5) is 0 Å². The summed E-state index contributed by atoms with van der Waals surface area (Å²) in [4.78, 5) is 10.5. The second-order valence-electron chi connectivity index (χ2n) is 16.2. The van der Waals surface area contributed by atoms with Crippen molar-refractivity contribution in [1.29, 1.82) is 0 Å². The minimum Gasteiger partial charge on any atom is -0.344 e. The number of fused-ring (bicyclic) bond motifs is 11. The average molecular weight is 792 g/mol. The topological polar surface area (TPSA) is 46.6 Å². The first kappa shape index (κ1) is 34.6. The van der Waals surface area contributed by atoms with Crippen molar-refractivity contribution in [1.82, 2.24) is 14.5 Å². The SMILES string of the molecule is c1ccc(C2=NC(c3cccc4c(-n5c6ccccc6c6c5ccc5c7c8ccccc8ccc7n(-c7ccc8ccccc8c7)c56)cccc34)=NC(c3ccccc3)N2)cc1. The fourth-order valence-corrected chi connectivity index (χ4v) is 9.97. The zero-order valence-electron chi connectivity index (χ0n) is 33.6. The Kier molecular flexibility index (Phi) is 7.60. The van der Waals surface area contributed by atoms with E-state index in [2.05, 4.69) is 215 Å². The molecule has 0 aliphatic carbocycles. The maximum Gasteiger partial charge on any atom is 0.160 e. The molecular weight excluding hydrogens is 755 g/mol. The second kappa shape index (κ2) is 13.6. The Morgan fingerprint density at radius 2 is 1.08 bits per heavy atom. The summed E-state index contributed by atoms with van der Waals surface area (Å²) >= 11 is 0. The van der Waals surface area contributed by atoms with Crippen molar-refractivity contribution in [3.63, 3.8) is 0 Å². The van der Waals surface area contributed by atoms with Gasteiger partial charge in [-0.25, -0.2) is 9.98 Å². The highest BCUT2D eigenvalue weighted by atomic mass is 15.2. The molecule has 0 radical (unpaired) electrons. The molecule has 62 heavy (non-hydrogen) atoms. The van der Waals surface area contributed by atoms with E-state index < -0.39 is 0 Å². The largest absolute Gasteiger partial charge is 0.344 e. The second-order valence-corrected chi connectivity index (χ2v) is 16.2. The van der Waals surface area contributed by atoms with Crippen LogP contribution in [0.2, 0.25) is 0 Å². The van der Waals surface area contributed by atoms with Crippen LogP contribution in [-0.2, 0) is 0 Å². The van der Waals surface area contributed by atoms with Gasteiger partial charge in [0.15, 0.2) is 5.84 Å². The monoisotopic (exact) mass is 791 g/mol. The lowest BCUT2D eigenvalue weighted by Crippen LogP contribution is -2.33. The Labute approximate surface area is 357 Å². The Morgan fingerprint density at radius 1 is 0.419 bits per heavy atom. The van der Waals surface area contributed by atoms with Gasteiger partial charge in [-0.2, -0.15) is 0 Å². The number of hydrogen-bond donors (Lipinski definition) is 1. The van der Waals surface area contributed by atoms with E-state index in [1.165, 1.54) is 54.1 Å². The highest BCUT2D eigenvalue weighted by molar-refractivity contribution is 6.30. The molecule has 13 rings (SSSR count). The van der Waals surface area contributed by atoms with Crippen LogP contribution in [0.25, 0.3) is 87.3 Å². The fourth-order valence-electron chi connectivity index (χ4n) is 9.97. The predicted octanol–water partition coefficient (Wildman–Crippen LogP) is 13.8. The molecule has 5 heteroatoms. The van der Waals surface area contributed by atoms with Crippen molar-refractivity contribution in [3.8, 4) is 11.4 Å². The van der Waals surface area contributed by atoms with Gasteiger partial charge in [0.05, 0.1) is 27.8 Å². The zero-order valence-corrected chi connectivity index (χ0v) is 33.6. The van der Waals surface area contributed by atoms with Crippen molar-refractivity contribution in [2.45, 2.75) is 6.17 Å². The number of aliphatic imine (C=N–C) groups is 2. The van der Waals surface area contributed by atoms with Gasteiger partial charge in [0.2, 0.25) is 0 Å². The molecular formula is C57H37N5. The molecule has 1 aliphatic heterocycles. The van der Waals surface area contributed by atoms with Crippen LogP contribution in [0, 0.1) is 0 Å². The van der Waals surface area contributed by atoms with E-state index in [9.17, 15) is 0 Å². The summed E-state index contributed by atoms with van der Waals surface area (Å²) in [5.41, 5.74) is 10.1. The van der Waals surface area contributed by atoms with Gasteiger partial charge < -0.3 is 14.5 Å². The molecule has 2 aromatic heterocycles. The molecule has 3 heterocycles. The number of aromatic nitrogens is 2. The van der Waals surface area contributed by atoms with E-state index in [1.807, 2.05) is 12.1 Å². The summed E-state index contributed by atoms with van der Waals surface area (Å²) in [5.74, 6) is 1.51. The first-order valence-electron chi connectivity index (χ1n) is 21.2. The van der Waals surface area contributed by atoms with E-state index in [0.29, 0.717) is 5.84 Å². The third-order valence-corrected chi connectivity index (χ3v) is 12.7. The van der Waals surface area contributed by atoms with Crippen LogP contribution in [0.15, 0.2) is 222 Å². The van der Waals surface area contributed by atoms with Crippen molar-refractivity contribution in [2.24, 2.45) is 9.98 Å². The molecule has 0 amide bonds. The molecule has 0 saturated carbocycles. The molecule has 0 bridgehead atoms. The third-order valence-electron chi connectivity index (χ3n) is 12.7. The van der Waals surface area contributed by atoms with Crippen molar-refractivity contribution in [2.75, 3.05) is 0 Å². The number of benzene rings is 10. The van der Waals surface area contributed by atoms with Gasteiger partial charge in [0.1, 0.15) is 12.0 Å². The lowest BCUT2D eigenvalue weighted by Gasteiger charge is -2.24. The van der Waals surface area contributed by atoms with Crippen LogP contribution in [0.3, 0.4) is 0 Å². The standard InChI is InChI=1S/C57H37N5/c1-3-17-38(18-4-1)55-58-56(39-19-5-2-6-20-39)60-57(59-55)45-26-13-25-44-43(45)24-14-28-48(44)62-49-27-12-11-23-46(49)53-51(62)34-32-47-52-42-22-10-9-16-37(42)30-33-50(52)61(54(47)53)41-31-29-36-15-7-8-21-40(36)35-41/h1-35,55H,(H,58,59,60). The van der Waals surface area contributed by atoms with Gasteiger partial charge in [-0.05, 0) is 68.9 Å². The van der Waals surface area contributed by atoms with E-state index in [1.54, 1.807) is 0 Å².